The van der Waals surface area contributed by atoms with E-state index in [0.717, 1.165) is 0 Å². The Hall–Kier alpha value is -0.510. The van der Waals surface area contributed by atoms with E-state index in [0.29, 0.717) is 0 Å². The van der Waals surface area contributed by atoms with E-state index in [1.165, 1.54) is 6.08 Å². The SMILES string of the molecule is Cl.OCC1(O)C=CC=CN1. The van der Waals surface area contributed by atoms with E-state index in [9.17, 15) is 5.11 Å². The molecule has 1 aliphatic heterocycles. The van der Waals surface area contributed by atoms with Gasteiger partial charge in [-0.15, -0.1) is 12.4 Å². The van der Waals surface area contributed by atoms with Crippen molar-refractivity contribution in [3.8, 4) is 0 Å². The standard InChI is InChI=1S/C6H9NO2.ClH/c8-5-6(9)3-1-2-4-7-6;/h1-4,7-9H,5H2;1H. The normalized spacial score (nSPS) is 29.0. The third kappa shape index (κ3) is 2.02. The number of hydrogen-bond acceptors (Lipinski definition) is 3. The summed E-state index contributed by atoms with van der Waals surface area (Å²) in [5.41, 5.74) is -1.24. The van der Waals surface area contributed by atoms with Crippen molar-refractivity contribution in [1.82, 2.24) is 5.32 Å². The molecule has 4 heteroatoms. The zero-order valence-corrected chi connectivity index (χ0v) is 6.14. The van der Waals surface area contributed by atoms with Crippen LogP contribution in [0.3, 0.4) is 0 Å². The molecule has 0 aromatic heterocycles. The van der Waals surface area contributed by atoms with E-state index in [1.54, 1.807) is 18.4 Å². The predicted octanol–water partition coefficient (Wildman–Crippen LogP) is -0.238. The summed E-state index contributed by atoms with van der Waals surface area (Å²) < 4.78 is 0. The third-order valence-electron chi connectivity index (χ3n) is 1.15. The highest BCUT2D eigenvalue weighted by Gasteiger charge is 2.20. The van der Waals surface area contributed by atoms with Gasteiger partial charge in [0.15, 0.2) is 5.72 Å². The number of halogens is 1. The first-order chi connectivity index (χ1) is 4.27. The van der Waals surface area contributed by atoms with Gasteiger partial charge in [0.05, 0.1) is 6.61 Å². The van der Waals surface area contributed by atoms with E-state index >= 15 is 0 Å². The summed E-state index contributed by atoms with van der Waals surface area (Å²) in [6.07, 6.45) is 6.49. The van der Waals surface area contributed by atoms with Crippen molar-refractivity contribution in [3.63, 3.8) is 0 Å². The predicted molar refractivity (Wildman–Crippen MR) is 40.7 cm³/mol. The summed E-state index contributed by atoms with van der Waals surface area (Å²) in [6, 6.07) is 0. The van der Waals surface area contributed by atoms with Crippen molar-refractivity contribution < 1.29 is 10.2 Å². The first-order valence-electron chi connectivity index (χ1n) is 2.72. The Morgan fingerprint density at radius 1 is 1.40 bits per heavy atom. The summed E-state index contributed by atoms with van der Waals surface area (Å²) in [7, 11) is 0. The molecular weight excluding hydrogens is 154 g/mol. The first-order valence-corrected chi connectivity index (χ1v) is 2.72. The summed E-state index contributed by atoms with van der Waals surface area (Å²) in [5.74, 6) is 0. The molecule has 0 spiro atoms. The van der Waals surface area contributed by atoms with Gasteiger partial charge in [-0.2, -0.15) is 0 Å². The number of nitrogens with one attached hydrogen (secondary N) is 1. The van der Waals surface area contributed by atoms with Crippen molar-refractivity contribution in [2.75, 3.05) is 6.61 Å². The lowest BCUT2D eigenvalue weighted by Crippen LogP contribution is -2.44. The molecule has 1 aliphatic rings. The average molecular weight is 164 g/mol. The van der Waals surface area contributed by atoms with Crippen molar-refractivity contribution >= 4 is 12.4 Å². The van der Waals surface area contributed by atoms with Gasteiger partial charge in [-0.3, -0.25) is 0 Å². The molecule has 3 N–H and O–H groups in total. The summed E-state index contributed by atoms with van der Waals surface area (Å²) >= 11 is 0. The fourth-order valence-electron chi connectivity index (χ4n) is 0.609. The van der Waals surface area contributed by atoms with Crippen LogP contribution in [0.15, 0.2) is 24.4 Å². The number of allylic oxidation sites excluding steroid dienone is 2. The fourth-order valence-corrected chi connectivity index (χ4v) is 0.609. The third-order valence-corrected chi connectivity index (χ3v) is 1.15. The Bertz CT molecular complexity index is 158. The molecule has 0 saturated heterocycles. The minimum Gasteiger partial charge on any atom is -0.391 e. The lowest BCUT2D eigenvalue weighted by molar-refractivity contribution is 0.00891. The molecule has 1 heterocycles. The topological polar surface area (TPSA) is 52.5 Å². The van der Waals surface area contributed by atoms with Crippen LogP contribution in [-0.2, 0) is 0 Å². The lowest BCUT2D eigenvalue weighted by Gasteiger charge is -2.23. The van der Waals surface area contributed by atoms with Gasteiger partial charge < -0.3 is 15.5 Å². The maximum absolute atomic E-state index is 9.18. The smallest absolute Gasteiger partial charge is 0.178 e. The Morgan fingerprint density at radius 3 is 2.40 bits per heavy atom. The van der Waals surface area contributed by atoms with E-state index < -0.39 is 5.72 Å². The van der Waals surface area contributed by atoms with Gasteiger partial charge in [-0.05, 0) is 18.4 Å². The zero-order valence-electron chi connectivity index (χ0n) is 5.32. The molecule has 0 bridgehead atoms. The number of aliphatic hydroxyl groups is 2. The number of rotatable bonds is 1. The van der Waals surface area contributed by atoms with Gasteiger partial charge in [0.2, 0.25) is 0 Å². The highest BCUT2D eigenvalue weighted by atomic mass is 35.5. The molecule has 1 rings (SSSR count). The molecule has 0 aliphatic carbocycles. The zero-order chi connectivity index (χ0) is 6.74. The minimum absolute atomic E-state index is 0. The Labute approximate surface area is 65.5 Å². The molecule has 3 nitrogen and oxygen atoms in total. The van der Waals surface area contributed by atoms with Crippen molar-refractivity contribution in [2.45, 2.75) is 5.72 Å². The molecule has 10 heavy (non-hydrogen) atoms. The lowest BCUT2D eigenvalue weighted by atomic mass is 10.2. The van der Waals surface area contributed by atoms with E-state index in [2.05, 4.69) is 5.32 Å². The maximum Gasteiger partial charge on any atom is 0.178 e. The molecule has 0 radical (unpaired) electrons. The molecule has 0 aromatic rings. The van der Waals surface area contributed by atoms with Gasteiger partial charge in [0.25, 0.3) is 0 Å². The maximum atomic E-state index is 9.18. The van der Waals surface area contributed by atoms with Crippen LogP contribution < -0.4 is 5.32 Å². The quantitative estimate of drug-likeness (QED) is 0.500. The van der Waals surface area contributed by atoms with Crippen molar-refractivity contribution in [1.29, 1.82) is 0 Å². The van der Waals surface area contributed by atoms with Crippen LogP contribution in [0.5, 0.6) is 0 Å². The molecule has 1 atom stereocenters. The Morgan fingerprint density at radius 2 is 2.10 bits per heavy atom. The Balaban J connectivity index is 0.000000810. The minimum atomic E-state index is -1.24. The second-order valence-corrected chi connectivity index (χ2v) is 1.94. The molecule has 0 fully saturated rings. The molecule has 0 saturated carbocycles. The average Bonchev–Trinajstić information content (AvgIpc) is 1.90. The number of dihydropyridines is 1. The molecule has 0 aromatic carbocycles. The van der Waals surface area contributed by atoms with Gasteiger partial charge in [-0.25, -0.2) is 0 Å². The molecular formula is C6H10ClNO2. The fraction of sp³-hybridized carbons (Fsp3) is 0.333. The monoisotopic (exact) mass is 163 g/mol. The second-order valence-electron chi connectivity index (χ2n) is 1.94. The molecule has 1 unspecified atom stereocenters. The largest absolute Gasteiger partial charge is 0.391 e. The van der Waals surface area contributed by atoms with Crippen LogP contribution >= 0.6 is 12.4 Å². The summed E-state index contributed by atoms with van der Waals surface area (Å²) in [6.45, 7) is -0.312. The summed E-state index contributed by atoms with van der Waals surface area (Å²) in [5, 5.41) is 20.3. The highest BCUT2D eigenvalue weighted by Crippen LogP contribution is 2.04. The second kappa shape index (κ2) is 3.61. The van der Waals surface area contributed by atoms with Crippen LogP contribution in [-0.4, -0.2) is 22.5 Å². The van der Waals surface area contributed by atoms with Crippen LogP contribution in [0.1, 0.15) is 0 Å². The van der Waals surface area contributed by atoms with Crippen LogP contribution in [0, 0.1) is 0 Å². The van der Waals surface area contributed by atoms with Gasteiger partial charge in [0, 0.05) is 0 Å². The van der Waals surface area contributed by atoms with Crippen LogP contribution in [0.2, 0.25) is 0 Å². The van der Waals surface area contributed by atoms with Crippen LogP contribution in [0.25, 0.3) is 0 Å². The van der Waals surface area contributed by atoms with Gasteiger partial charge >= 0.3 is 0 Å². The van der Waals surface area contributed by atoms with Crippen molar-refractivity contribution in [2.24, 2.45) is 0 Å². The van der Waals surface area contributed by atoms with E-state index in [4.69, 9.17) is 5.11 Å². The van der Waals surface area contributed by atoms with Gasteiger partial charge in [-0.1, -0.05) is 6.08 Å². The van der Waals surface area contributed by atoms with E-state index in [-0.39, 0.29) is 19.0 Å². The molecule has 58 valence electrons. The van der Waals surface area contributed by atoms with Crippen molar-refractivity contribution in [3.05, 3.63) is 24.4 Å². The van der Waals surface area contributed by atoms with E-state index in [1.807, 2.05) is 0 Å². The molecule has 0 amide bonds. The van der Waals surface area contributed by atoms with Crippen LogP contribution in [0.4, 0.5) is 0 Å². The van der Waals surface area contributed by atoms with Gasteiger partial charge in [0.1, 0.15) is 0 Å². The number of hydrogen-bond donors (Lipinski definition) is 3. The Kier molecular flexibility index (Phi) is 3.42. The first kappa shape index (κ1) is 9.49. The summed E-state index contributed by atoms with van der Waals surface area (Å²) in [4.78, 5) is 0. The highest BCUT2D eigenvalue weighted by molar-refractivity contribution is 5.85. The number of aliphatic hydroxyl groups excluding tert-OH is 1.